The largest absolute Gasteiger partial charge is 0.381 e. The van der Waals surface area contributed by atoms with Crippen molar-refractivity contribution in [2.24, 2.45) is 11.8 Å². The summed E-state index contributed by atoms with van der Waals surface area (Å²) in [4.78, 5) is 20.2. The molecule has 2 aromatic rings. The van der Waals surface area contributed by atoms with Crippen molar-refractivity contribution in [3.8, 4) is 0 Å². The first kappa shape index (κ1) is 19.5. The zero-order valence-corrected chi connectivity index (χ0v) is 18.6. The van der Waals surface area contributed by atoms with E-state index < -0.39 is 0 Å². The van der Waals surface area contributed by atoms with Gasteiger partial charge in [0.15, 0.2) is 5.78 Å². The summed E-state index contributed by atoms with van der Waals surface area (Å²) in [5.41, 5.74) is 2.75. The summed E-state index contributed by atoms with van der Waals surface area (Å²) in [6.07, 6.45) is 11.5. The normalized spacial score (nSPS) is 25.4. The molecule has 4 nitrogen and oxygen atoms in total. The zero-order chi connectivity index (χ0) is 19.8. The minimum absolute atomic E-state index is 0.207. The molecule has 3 fully saturated rings. The van der Waals surface area contributed by atoms with E-state index in [1.807, 2.05) is 12.1 Å². The Morgan fingerprint density at radius 2 is 1.86 bits per heavy atom. The summed E-state index contributed by atoms with van der Waals surface area (Å²) in [7, 11) is 0. The number of carbonyl (C=O) groups excluding carboxylic acids is 1. The molecule has 0 atom stereocenters. The van der Waals surface area contributed by atoms with E-state index in [-0.39, 0.29) is 11.7 Å². The van der Waals surface area contributed by atoms with Crippen LogP contribution in [0.25, 0.3) is 10.9 Å². The molecule has 1 aliphatic heterocycles. The van der Waals surface area contributed by atoms with Gasteiger partial charge in [-0.15, -0.1) is 0 Å². The van der Waals surface area contributed by atoms with Crippen LogP contribution in [0.4, 0.5) is 5.69 Å². The van der Waals surface area contributed by atoms with Gasteiger partial charge in [-0.2, -0.15) is 0 Å². The van der Waals surface area contributed by atoms with E-state index in [1.165, 1.54) is 58.2 Å². The summed E-state index contributed by atoms with van der Waals surface area (Å²) in [6, 6.07) is 6.60. The average Bonchev–Trinajstić information content (AvgIpc) is 3.46. The van der Waals surface area contributed by atoms with Gasteiger partial charge in [-0.25, -0.2) is 0 Å². The number of hydrogen-bond acceptors (Lipinski definition) is 4. The fourth-order valence-corrected chi connectivity index (χ4v) is 5.46. The lowest BCUT2D eigenvalue weighted by atomic mass is 9.85. The number of anilines is 1. The number of benzene rings is 1. The molecule has 5 heteroatoms. The SMILES string of the molecule is O=C(c1cnc2ccc(Br)cc2c1N[C@H]1CC[C@H](CN2CCCC2)CC1)C1CC1. The molecule has 2 heterocycles. The molecule has 0 radical (unpaired) electrons. The Bertz CT molecular complexity index is 896. The number of nitrogens with zero attached hydrogens (tertiary/aromatic N) is 2. The lowest BCUT2D eigenvalue weighted by Gasteiger charge is -2.32. The van der Waals surface area contributed by atoms with Crippen molar-refractivity contribution < 1.29 is 4.79 Å². The smallest absolute Gasteiger partial charge is 0.169 e. The van der Waals surface area contributed by atoms with Crippen LogP contribution in [0, 0.1) is 11.8 Å². The molecule has 154 valence electrons. The highest BCUT2D eigenvalue weighted by molar-refractivity contribution is 9.10. The van der Waals surface area contributed by atoms with Crippen molar-refractivity contribution in [3.05, 3.63) is 34.4 Å². The Labute approximate surface area is 181 Å². The summed E-state index contributed by atoms with van der Waals surface area (Å²) >= 11 is 3.60. The van der Waals surface area contributed by atoms with E-state index in [0.717, 1.165) is 45.4 Å². The molecular formula is C24H30BrN3O. The summed E-state index contributed by atoms with van der Waals surface area (Å²) in [5, 5.41) is 4.86. The first-order valence-electron chi connectivity index (χ1n) is 11.3. The van der Waals surface area contributed by atoms with Gasteiger partial charge in [-0.1, -0.05) is 15.9 Å². The van der Waals surface area contributed by atoms with Crippen LogP contribution in [0.3, 0.4) is 0 Å². The zero-order valence-electron chi connectivity index (χ0n) is 17.0. The highest BCUT2D eigenvalue weighted by atomic mass is 79.9. The fraction of sp³-hybridized carbons (Fsp3) is 0.583. The van der Waals surface area contributed by atoms with Gasteiger partial charge >= 0.3 is 0 Å². The van der Waals surface area contributed by atoms with Crippen molar-refractivity contribution in [3.63, 3.8) is 0 Å². The van der Waals surface area contributed by atoms with Crippen molar-refractivity contribution in [2.75, 3.05) is 25.0 Å². The van der Waals surface area contributed by atoms with Gasteiger partial charge in [0.2, 0.25) is 0 Å². The lowest BCUT2D eigenvalue weighted by Crippen LogP contribution is -2.33. The third-order valence-corrected chi connectivity index (χ3v) is 7.45. The van der Waals surface area contributed by atoms with Gasteiger partial charge in [0, 0.05) is 34.6 Å². The van der Waals surface area contributed by atoms with E-state index >= 15 is 0 Å². The van der Waals surface area contributed by atoms with Crippen LogP contribution in [0.15, 0.2) is 28.9 Å². The van der Waals surface area contributed by atoms with Gasteiger partial charge in [0.25, 0.3) is 0 Å². The van der Waals surface area contributed by atoms with Crippen LogP contribution < -0.4 is 5.32 Å². The maximum atomic E-state index is 12.9. The standard InChI is InChI=1S/C24H30BrN3O/c25-18-7-10-22-20(13-18)23(21(14-26-22)24(29)17-5-6-17)27-19-8-3-16(4-9-19)15-28-11-1-2-12-28/h7,10,13-14,16-17,19H,1-6,8-9,11-12,15H2,(H,26,27)/t16-,19-. The molecular weight excluding hydrogens is 426 g/mol. The average molecular weight is 456 g/mol. The highest BCUT2D eigenvalue weighted by Crippen LogP contribution is 2.38. The maximum Gasteiger partial charge on any atom is 0.169 e. The number of pyridine rings is 1. The third-order valence-electron chi connectivity index (χ3n) is 6.95. The number of Topliss-reactive ketones (excluding diaryl/α,β-unsaturated/α-hetero) is 1. The van der Waals surface area contributed by atoms with Crippen molar-refractivity contribution in [1.82, 2.24) is 9.88 Å². The molecule has 0 spiro atoms. The van der Waals surface area contributed by atoms with Crippen LogP contribution in [-0.4, -0.2) is 41.3 Å². The van der Waals surface area contributed by atoms with E-state index in [1.54, 1.807) is 6.20 Å². The quantitative estimate of drug-likeness (QED) is 0.570. The van der Waals surface area contributed by atoms with Crippen LogP contribution in [0.1, 0.15) is 61.7 Å². The molecule has 3 aliphatic rings. The second-order valence-electron chi connectivity index (χ2n) is 9.22. The van der Waals surface area contributed by atoms with Crippen LogP contribution in [-0.2, 0) is 0 Å². The molecule has 1 saturated heterocycles. The Morgan fingerprint density at radius 1 is 1.10 bits per heavy atom. The number of carbonyl (C=O) groups is 1. The number of ketones is 1. The Balaban J connectivity index is 1.34. The highest BCUT2D eigenvalue weighted by Gasteiger charge is 2.33. The number of hydrogen-bond donors (Lipinski definition) is 1. The van der Waals surface area contributed by atoms with E-state index in [4.69, 9.17) is 0 Å². The predicted molar refractivity (Wildman–Crippen MR) is 122 cm³/mol. The van der Waals surface area contributed by atoms with Gasteiger partial charge in [-0.05, 0) is 88.6 Å². The second-order valence-corrected chi connectivity index (χ2v) is 10.1. The molecule has 2 saturated carbocycles. The van der Waals surface area contributed by atoms with Crippen molar-refractivity contribution >= 4 is 38.3 Å². The van der Waals surface area contributed by atoms with E-state index in [9.17, 15) is 4.79 Å². The Kier molecular flexibility index (Phi) is 5.61. The first-order valence-corrected chi connectivity index (χ1v) is 12.1. The molecule has 5 rings (SSSR count). The van der Waals surface area contributed by atoms with Gasteiger partial charge < -0.3 is 10.2 Å². The number of fused-ring (bicyclic) bond motifs is 1. The molecule has 1 aromatic carbocycles. The number of rotatable bonds is 6. The molecule has 2 aliphatic carbocycles. The van der Waals surface area contributed by atoms with Gasteiger partial charge in [-0.3, -0.25) is 9.78 Å². The fourth-order valence-electron chi connectivity index (χ4n) is 5.10. The molecule has 1 aromatic heterocycles. The van der Waals surface area contributed by atoms with Crippen LogP contribution in [0.2, 0.25) is 0 Å². The van der Waals surface area contributed by atoms with E-state index in [2.05, 4.69) is 37.2 Å². The monoisotopic (exact) mass is 455 g/mol. The second kappa shape index (κ2) is 8.35. The minimum atomic E-state index is 0.207. The molecule has 1 N–H and O–H groups in total. The van der Waals surface area contributed by atoms with E-state index in [0.29, 0.717) is 6.04 Å². The maximum absolute atomic E-state index is 12.9. The van der Waals surface area contributed by atoms with Crippen LogP contribution >= 0.6 is 15.9 Å². The molecule has 0 bridgehead atoms. The minimum Gasteiger partial charge on any atom is -0.381 e. The van der Waals surface area contributed by atoms with Crippen LogP contribution in [0.5, 0.6) is 0 Å². The summed E-state index contributed by atoms with van der Waals surface area (Å²) in [6.45, 7) is 3.87. The Hall–Kier alpha value is -1.46. The number of aromatic nitrogens is 1. The summed E-state index contributed by atoms with van der Waals surface area (Å²) < 4.78 is 1.03. The predicted octanol–water partition coefficient (Wildman–Crippen LogP) is 5.66. The molecule has 0 amide bonds. The lowest BCUT2D eigenvalue weighted by molar-refractivity contribution is 0.0968. The first-order chi connectivity index (χ1) is 14.2. The van der Waals surface area contributed by atoms with Crippen molar-refractivity contribution in [2.45, 2.75) is 57.4 Å². The number of nitrogens with one attached hydrogen (secondary N) is 1. The molecule has 29 heavy (non-hydrogen) atoms. The van der Waals surface area contributed by atoms with Crippen molar-refractivity contribution in [1.29, 1.82) is 0 Å². The topological polar surface area (TPSA) is 45.2 Å². The molecule has 0 unspecified atom stereocenters. The number of likely N-dealkylation sites (tertiary alicyclic amines) is 1. The van der Waals surface area contributed by atoms with Gasteiger partial charge in [0.1, 0.15) is 0 Å². The Morgan fingerprint density at radius 3 is 2.59 bits per heavy atom. The van der Waals surface area contributed by atoms with Gasteiger partial charge in [0.05, 0.1) is 16.8 Å². The summed E-state index contributed by atoms with van der Waals surface area (Å²) in [5.74, 6) is 1.31. The third kappa shape index (κ3) is 4.36. The number of halogens is 1.